The van der Waals surface area contributed by atoms with Crippen molar-refractivity contribution in [1.82, 2.24) is 9.38 Å². The normalized spacial score (nSPS) is 11.1. The number of carbonyl (C=O) groups is 1. The van der Waals surface area contributed by atoms with E-state index in [0.717, 1.165) is 10.2 Å². The molecule has 0 aliphatic heterocycles. The van der Waals surface area contributed by atoms with E-state index in [1.165, 1.54) is 0 Å². The van der Waals surface area contributed by atoms with Crippen molar-refractivity contribution in [3.8, 4) is 0 Å². The zero-order chi connectivity index (χ0) is 14.1. The van der Waals surface area contributed by atoms with Crippen LogP contribution in [-0.2, 0) is 12.8 Å². The van der Waals surface area contributed by atoms with Gasteiger partial charge in [-0.3, -0.25) is 0 Å². The molecular weight excluding hydrogens is 324 g/mol. The van der Waals surface area contributed by atoms with E-state index in [2.05, 4.69) is 20.9 Å². The van der Waals surface area contributed by atoms with Gasteiger partial charge in [-0.2, -0.15) is 0 Å². The lowest BCUT2D eigenvalue weighted by molar-refractivity contribution is 0.0693. The van der Waals surface area contributed by atoms with Gasteiger partial charge < -0.3 is 13.9 Å². The van der Waals surface area contributed by atoms with Crippen LogP contribution in [0.1, 0.15) is 22.1 Å². The van der Waals surface area contributed by atoms with Crippen molar-refractivity contribution < 1.29 is 14.3 Å². The summed E-state index contributed by atoms with van der Waals surface area (Å²) in [4.78, 5) is 15.5. The molecule has 0 spiro atoms. The van der Waals surface area contributed by atoms with Gasteiger partial charge in [0.25, 0.3) is 0 Å². The first kappa shape index (κ1) is 12.9. The lowest BCUT2D eigenvalue weighted by atomic mass is 10.2. The molecule has 0 bridgehead atoms. The van der Waals surface area contributed by atoms with E-state index in [1.54, 1.807) is 22.8 Å². The van der Waals surface area contributed by atoms with Crippen molar-refractivity contribution in [3.05, 3.63) is 58.5 Å². The average molecular weight is 335 g/mol. The highest BCUT2D eigenvalue weighted by Gasteiger charge is 2.16. The predicted octanol–water partition coefficient (Wildman–Crippen LogP) is 3.17. The SMILES string of the molecule is O=C(O)c1nc(CCc2ccco2)n2cc(Br)ccc12. The first-order chi connectivity index (χ1) is 9.65. The minimum atomic E-state index is -1.02. The van der Waals surface area contributed by atoms with Gasteiger partial charge in [0, 0.05) is 23.5 Å². The van der Waals surface area contributed by atoms with Crippen LogP contribution in [-0.4, -0.2) is 20.5 Å². The Bertz CT molecular complexity index is 762. The number of carboxylic acids is 1. The van der Waals surface area contributed by atoms with E-state index in [4.69, 9.17) is 4.42 Å². The molecule has 5 nitrogen and oxygen atoms in total. The third-order valence-electron chi connectivity index (χ3n) is 3.05. The summed E-state index contributed by atoms with van der Waals surface area (Å²) in [6, 6.07) is 7.28. The monoisotopic (exact) mass is 334 g/mol. The van der Waals surface area contributed by atoms with Crippen LogP contribution in [0.25, 0.3) is 5.52 Å². The fourth-order valence-electron chi connectivity index (χ4n) is 2.15. The van der Waals surface area contributed by atoms with Gasteiger partial charge in [-0.1, -0.05) is 0 Å². The Kier molecular flexibility index (Phi) is 3.31. The molecule has 6 heteroatoms. The predicted molar refractivity (Wildman–Crippen MR) is 76.0 cm³/mol. The van der Waals surface area contributed by atoms with Crippen molar-refractivity contribution in [2.75, 3.05) is 0 Å². The summed E-state index contributed by atoms with van der Waals surface area (Å²) in [6.07, 6.45) is 4.74. The minimum Gasteiger partial charge on any atom is -0.476 e. The maximum Gasteiger partial charge on any atom is 0.356 e. The third-order valence-corrected chi connectivity index (χ3v) is 3.52. The van der Waals surface area contributed by atoms with E-state index in [9.17, 15) is 9.90 Å². The van der Waals surface area contributed by atoms with Crippen molar-refractivity contribution in [3.63, 3.8) is 0 Å². The highest BCUT2D eigenvalue weighted by Crippen LogP contribution is 2.19. The van der Waals surface area contributed by atoms with Crippen LogP contribution in [0.5, 0.6) is 0 Å². The summed E-state index contributed by atoms with van der Waals surface area (Å²) >= 11 is 3.39. The molecule has 1 N–H and O–H groups in total. The number of aromatic nitrogens is 2. The molecule has 0 unspecified atom stereocenters. The summed E-state index contributed by atoms with van der Waals surface area (Å²) < 4.78 is 7.96. The topological polar surface area (TPSA) is 67.7 Å². The molecule has 0 fully saturated rings. The highest BCUT2D eigenvalue weighted by atomic mass is 79.9. The molecule has 0 aliphatic rings. The molecule has 0 amide bonds. The molecule has 20 heavy (non-hydrogen) atoms. The van der Waals surface area contributed by atoms with Crippen molar-refractivity contribution in [2.45, 2.75) is 12.8 Å². The second kappa shape index (κ2) is 5.13. The molecule has 0 aliphatic carbocycles. The summed E-state index contributed by atoms with van der Waals surface area (Å²) in [5.41, 5.74) is 0.669. The second-order valence-electron chi connectivity index (χ2n) is 4.36. The Morgan fingerprint density at radius 3 is 2.90 bits per heavy atom. The van der Waals surface area contributed by atoms with Gasteiger partial charge in [0.05, 0.1) is 11.8 Å². The number of imidazole rings is 1. The van der Waals surface area contributed by atoms with Gasteiger partial charge in [-0.15, -0.1) is 0 Å². The van der Waals surface area contributed by atoms with Crippen molar-refractivity contribution in [2.24, 2.45) is 0 Å². The van der Waals surface area contributed by atoms with Crippen LogP contribution < -0.4 is 0 Å². The van der Waals surface area contributed by atoms with E-state index >= 15 is 0 Å². The van der Waals surface area contributed by atoms with Crippen LogP contribution in [0.15, 0.2) is 45.6 Å². The maximum absolute atomic E-state index is 11.2. The van der Waals surface area contributed by atoms with Gasteiger partial charge in [0.15, 0.2) is 5.69 Å². The molecule has 0 atom stereocenters. The molecule has 3 rings (SSSR count). The minimum absolute atomic E-state index is 0.0759. The number of carboxylic acid groups (broad SMARTS) is 1. The lowest BCUT2D eigenvalue weighted by Crippen LogP contribution is -1.98. The maximum atomic E-state index is 11.2. The van der Waals surface area contributed by atoms with Crippen molar-refractivity contribution >= 4 is 27.4 Å². The number of aryl methyl sites for hydroxylation is 2. The Hall–Kier alpha value is -2.08. The number of hydrogen-bond donors (Lipinski definition) is 1. The van der Waals surface area contributed by atoms with Crippen molar-refractivity contribution in [1.29, 1.82) is 0 Å². The molecule has 3 aromatic rings. The zero-order valence-electron chi connectivity index (χ0n) is 10.4. The molecule has 0 saturated carbocycles. The largest absolute Gasteiger partial charge is 0.476 e. The molecule has 3 aromatic heterocycles. The summed E-state index contributed by atoms with van der Waals surface area (Å²) in [5.74, 6) is 0.540. The molecule has 0 radical (unpaired) electrons. The Morgan fingerprint density at radius 2 is 2.20 bits per heavy atom. The fourth-order valence-corrected chi connectivity index (χ4v) is 2.48. The first-order valence-electron chi connectivity index (χ1n) is 6.07. The molecule has 0 saturated heterocycles. The van der Waals surface area contributed by atoms with E-state index < -0.39 is 5.97 Å². The van der Waals surface area contributed by atoms with E-state index in [1.807, 2.05) is 18.3 Å². The van der Waals surface area contributed by atoms with Crippen LogP contribution in [0.2, 0.25) is 0 Å². The molecule has 0 aromatic carbocycles. The summed E-state index contributed by atoms with van der Waals surface area (Å²) in [7, 11) is 0. The third kappa shape index (κ3) is 2.34. The first-order valence-corrected chi connectivity index (χ1v) is 6.86. The highest BCUT2D eigenvalue weighted by molar-refractivity contribution is 9.10. The van der Waals surface area contributed by atoms with Crippen LogP contribution in [0.4, 0.5) is 0 Å². The van der Waals surface area contributed by atoms with Gasteiger partial charge >= 0.3 is 5.97 Å². The van der Waals surface area contributed by atoms with Gasteiger partial charge in [-0.25, -0.2) is 9.78 Å². The molecule has 3 heterocycles. The Labute approximate surface area is 123 Å². The number of halogens is 1. The number of furan rings is 1. The second-order valence-corrected chi connectivity index (χ2v) is 5.28. The number of pyridine rings is 1. The number of aromatic carboxylic acids is 1. The quantitative estimate of drug-likeness (QED) is 0.795. The zero-order valence-corrected chi connectivity index (χ0v) is 12.0. The average Bonchev–Trinajstić information content (AvgIpc) is 3.03. The number of fused-ring (bicyclic) bond motifs is 1. The van der Waals surface area contributed by atoms with E-state index in [0.29, 0.717) is 24.2 Å². The summed E-state index contributed by atoms with van der Waals surface area (Å²) in [6.45, 7) is 0. The number of rotatable bonds is 4. The van der Waals surface area contributed by atoms with Crippen LogP contribution in [0.3, 0.4) is 0 Å². The smallest absolute Gasteiger partial charge is 0.356 e. The molecular formula is C14H11BrN2O3. The van der Waals surface area contributed by atoms with Crippen LogP contribution >= 0.6 is 15.9 Å². The Morgan fingerprint density at radius 1 is 1.35 bits per heavy atom. The fraction of sp³-hybridized carbons (Fsp3) is 0.143. The molecule has 102 valence electrons. The summed E-state index contributed by atoms with van der Waals surface area (Å²) in [5, 5.41) is 9.21. The standard InChI is InChI=1S/C14H11BrN2O3/c15-9-3-5-11-13(14(18)19)16-12(17(11)8-9)6-4-10-2-1-7-20-10/h1-3,5,7-8H,4,6H2,(H,18,19). The van der Waals surface area contributed by atoms with E-state index in [-0.39, 0.29) is 5.69 Å². The lowest BCUT2D eigenvalue weighted by Gasteiger charge is -2.00. The number of hydrogen-bond acceptors (Lipinski definition) is 3. The Balaban J connectivity index is 2.01. The van der Waals surface area contributed by atoms with Crippen LogP contribution in [0, 0.1) is 0 Å². The van der Waals surface area contributed by atoms with Gasteiger partial charge in [-0.05, 0) is 40.2 Å². The number of nitrogens with zero attached hydrogens (tertiary/aromatic N) is 2. The van der Waals surface area contributed by atoms with Gasteiger partial charge in [0.1, 0.15) is 11.6 Å². The van der Waals surface area contributed by atoms with Gasteiger partial charge in [0.2, 0.25) is 0 Å².